The highest BCUT2D eigenvalue weighted by Crippen LogP contribution is 2.46. The van der Waals surface area contributed by atoms with Gasteiger partial charge in [-0.05, 0) is 11.1 Å². The van der Waals surface area contributed by atoms with Crippen molar-refractivity contribution in [1.29, 1.82) is 0 Å². The first kappa shape index (κ1) is 14.4. The summed E-state index contributed by atoms with van der Waals surface area (Å²) >= 11 is 0. The van der Waals surface area contributed by atoms with Crippen LogP contribution in [0.25, 0.3) is 0 Å². The Morgan fingerprint density at radius 3 is 2.23 bits per heavy atom. The third kappa shape index (κ3) is 2.50. The van der Waals surface area contributed by atoms with Crippen molar-refractivity contribution in [2.75, 3.05) is 0 Å². The number of carbonyl (C=O) groups excluding carboxylic acids is 1. The van der Waals surface area contributed by atoms with Crippen LogP contribution in [0.2, 0.25) is 0 Å². The molecule has 2 aromatic carbocycles. The summed E-state index contributed by atoms with van der Waals surface area (Å²) in [7, 11) is 0. The Balaban J connectivity index is 2.12. The predicted molar refractivity (Wildman–Crippen MR) is 84.4 cm³/mol. The highest BCUT2D eigenvalue weighted by Gasteiger charge is 2.45. The van der Waals surface area contributed by atoms with Gasteiger partial charge in [0.25, 0.3) is 0 Å². The topological polar surface area (TPSA) is 46.5 Å². The van der Waals surface area contributed by atoms with E-state index in [9.17, 15) is 9.90 Å². The molecule has 2 unspecified atom stereocenters. The van der Waals surface area contributed by atoms with Crippen LogP contribution in [0, 0.1) is 0 Å². The fourth-order valence-corrected chi connectivity index (χ4v) is 3.08. The number of carbonyl (C=O) groups is 1. The maximum Gasteiger partial charge on any atom is 0.335 e. The highest BCUT2D eigenvalue weighted by atomic mass is 16.6. The van der Waals surface area contributed by atoms with Crippen LogP contribution in [0.1, 0.15) is 30.4 Å². The van der Waals surface area contributed by atoms with E-state index in [-0.39, 0.29) is 18.1 Å². The number of hydrogen-bond donors (Lipinski definition) is 1. The molecule has 1 aliphatic rings. The van der Waals surface area contributed by atoms with Crippen LogP contribution in [0.4, 0.5) is 0 Å². The molecule has 3 rings (SSSR count). The zero-order valence-electron chi connectivity index (χ0n) is 12.4. The minimum absolute atomic E-state index is 0.0582. The second kappa shape index (κ2) is 5.68. The van der Waals surface area contributed by atoms with E-state index < -0.39 is 11.6 Å². The normalized spacial score (nSPS) is 22.6. The summed E-state index contributed by atoms with van der Waals surface area (Å²) in [4.78, 5) is 11.9. The lowest BCUT2D eigenvalue weighted by Gasteiger charge is -2.40. The Kier molecular flexibility index (Phi) is 3.72. The van der Waals surface area contributed by atoms with Gasteiger partial charge in [0, 0.05) is 5.92 Å². The number of rotatable bonds is 3. The molecule has 0 aromatic heterocycles. The van der Waals surface area contributed by atoms with Crippen LogP contribution < -0.4 is 0 Å². The van der Waals surface area contributed by atoms with E-state index in [1.807, 2.05) is 67.6 Å². The molecule has 0 saturated carbocycles. The molecule has 1 N–H and O–H groups in total. The highest BCUT2D eigenvalue weighted by molar-refractivity contribution is 5.84. The Hall–Kier alpha value is -2.55. The Labute approximate surface area is 129 Å². The van der Waals surface area contributed by atoms with E-state index >= 15 is 0 Å². The van der Waals surface area contributed by atoms with E-state index in [4.69, 9.17) is 4.74 Å². The van der Waals surface area contributed by atoms with E-state index in [0.29, 0.717) is 0 Å². The molecule has 1 heterocycles. The summed E-state index contributed by atoms with van der Waals surface area (Å²) in [6.07, 6.45) is 1.43. The summed E-state index contributed by atoms with van der Waals surface area (Å²) in [6, 6.07) is 19.5. The number of aliphatic hydroxyl groups excluding tert-OH is 1. The molecule has 1 aliphatic heterocycles. The predicted octanol–water partition coefficient (Wildman–Crippen LogP) is 4.07. The molecule has 0 spiro atoms. The van der Waals surface area contributed by atoms with Gasteiger partial charge < -0.3 is 9.84 Å². The van der Waals surface area contributed by atoms with E-state index in [1.165, 1.54) is 0 Å². The van der Waals surface area contributed by atoms with Crippen molar-refractivity contribution in [2.45, 2.75) is 24.9 Å². The number of aliphatic hydroxyl groups is 1. The lowest BCUT2D eigenvalue weighted by atomic mass is 9.75. The number of hydrogen-bond acceptors (Lipinski definition) is 3. The molecule has 0 aliphatic carbocycles. The summed E-state index contributed by atoms with van der Waals surface area (Å²) < 4.78 is 5.77. The average Bonchev–Trinajstić information content (AvgIpc) is 2.55. The maximum absolute atomic E-state index is 11.9. The van der Waals surface area contributed by atoms with Gasteiger partial charge in [-0.3, -0.25) is 0 Å². The summed E-state index contributed by atoms with van der Waals surface area (Å²) in [5, 5.41) is 10.0. The summed E-state index contributed by atoms with van der Waals surface area (Å²) in [5.41, 5.74) is 1.06. The quantitative estimate of drug-likeness (QED) is 0.868. The fraction of sp³-hybridized carbons (Fsp3) is 0.211. The lowest BCUT2D eigenvalue weighted by molar-refractivity contribution is -0.161. The van der Waals surface area contributed by atoms with Crippen molar-refractivity contribution >= 4 is 5.97 Å². The van der Waals surface area contributed by atoms with Gasteiger partial charge in [0.15, 0.2) is 5.60 Å². The van der Waals surface area contributed by atoms with Crippen molar-refractivity contribution in [3.63, 3.8) is 0 Å². The molecule has 0 amide bonds. The van der Waals surface area contributed by atoms with Gasteiger partial charge in [0.2, 0.25) is 0 Å². The van der Waals surface area contributed by atoms with E-state index in [1.54, 1.807) is 0 Å². The van der Waals surface area contributed by atoms with Gasteiger partial charge in [0.05, 0.1) is 12.5 Å². The number of cyclic esters (lactones) is 1. The van der Waals surface area contributed by atoms with Crippen LogP contribution >= 0.6 is 0 Å². The number of ether oxygens (including phenoxy) is 1. The molecule has 3 heteroatoms. The molecular formula is C19H18O3. The SMILES string of the molecule is CC(c1ccccc1)C1(c2ccccc2)CC(O)=CC(=O)O1. The van der Waals surface area contributed by atoms with Crippen molar-refractivity contribution in [1.82, 2.24) is 0 Å². The van der Waals surface area contributed by atoms with Gasteiger partial charge >= 0.3 is 5.97 Å². The Morgan fingerprint density at radius 2 is 1.64 bits per heavy atom. The van der Waals surface area contributed by atoms with Crippen molar-refractivity contribution in [3.05, 3.63) is 83.6 Å². The molecule has 2 aromatic rings. The largest absolute Gasteiger partial charge is 0.512 e. The minimum atomic E-state index is -0.890. The van der Waals surface area contributed by atoms with Crippen molar-refractivity contribution in [2.24, 2.45) is 0 Å². The third-order valence-corrected chi connectivity index (χ3v) is 4.27. The van der Waals surface area contributed by atoms with Crippen LogP contribution in [0.5, 0.6) is 0 Å². The lowest BCUT2D eigenvalue weighted by Crippen LogP contribution is -2.40. The van der Waals surface area contributed by atoms with Crippen LogP contribution in [-0.4, -0.2) is 11.1 Å². The van der Waals surface area contributed by atoms with Gasteiger partial charge in [-0.1, -0.05) is 67.6 Å². The fourth-order valence-electron chi connectivity index (χ4n) is 3.08. The van der Waals surface area contributed by atoms with Gasteiger partial charge in [0.1, 0.15) is 5.76 Å². The van der Waals surface area contributed by atoms with Crippen LogP contribution in [0.15, 0.2) is 72.5 Å². The molecule has 0 bridgehead atoms. The molecule has 22 heavy (non-hydrogen) atoms. The van der Waals surface area contributed by atoms with Gasteiger partial charge in [-0.15, -0.1) is 0 Å². The molecular weight excluding hydrogens is 276 g/mol. The molecule has 112 valence electrons. The van der Waals surface area contributed by atoms with Gasteiger partial charge in [-0.2, -0.15) is 0 Å². The first-order chi connectivity index (χ1) is 10.6. The molecule has 0 fully saturated rings. The average molecular weight is 294 g/mol. The first-order valence-electron chi connectivity index (χ1n) is 7.35. The summed E-state index contributed by atoms with van der Waals surface area (Å²) in [6.45, 7) is 2.02. The second-order valence-corrected chi connectivity index (χ2v) is 5.62. The van der Waals surface area contributed by atoms with Crippen LogP contribution in [-0.2, 0) is 15.1 Å². The minimum Gasteiger partial charge on any atom is -0.512 e. The Bertz CT molecular complexity index is 691. The zero-order valence-corrected chi connectivity index (χ0v) is 12.4. The zero-order chi connectivity index (χ0) is 15.6. The van der Waals surface area contributed by atoms with E-state index in [2.05, 4.69) is 0 Å². The number of esters is 1. The number of benzene rings is 2. The first-order valence-corrected chi connectivity index (χ1v) is 7.35. The van der Waals surface area contributed by atoms with Crippen molar-refractivity contribution < 1.29 is 14.6 Å². The maximum atomic E-state index is 11.9. The second-order valence-electron chi connectivity index (χ2n) is 5.62. The Morgan fingerprint density at radius 1 is 1.05 bits per heavy atom. The standard InChI is InChI=1S/C19H18O3/c1-14(15-8-4-2-5-9-15)19(16-10-6-3-7-11-16)13-17(20)12-18(21)22-19/h2-12,14,20H,13H2,1H3. The van der Waals surface area contributed by atoms with Crippen molar-refractivity contribution in [3.8, 4) is 0 Å². The van der Waals surface area contributed by atoms with Gasteiger partial charge in [-0.25, -0.2) is 4.79 Å². The smallest absolute Gasteiger partial charge is 0.335 e. The summed E-state index contributed by atoms with van der Waals surface area (Å²) in [5.74, 6) is -0.533. The molecule has 0 radical (unpaired) electrons. The monoisotopic (exact) mass is 294 g/mol. The third-order valence-electron chi connectivity index (χ3n) is 4.27. The molecule has 0 saturated heterocycles. The van der Waals surface area contributed by atoms with E-state index in [0.717, 1.165) is 17.2 Å². The molecule has 3 nitrogen and oxygen atoms in total. The van der Waals surface area contributed by atoms with Crippen LogP contribution in [0.3, 0.4) is 0 Å². The molecule has 2 atom stereocenters.